The monoisotopic (exact) mass is 485 g/mol. The lowest BCUT2D eigenvalue weighted by molar-refractivity contribution is -0.179. The van der Waals surface area contributed by atoms with Crippen LogP contribution >= 0.6 is 0 Å². The van der Waals surface area contributed by atoms with Gasteiger partial charge in [-0.3, -0.25) is 9.48 Å². The first-order valence-corrected chi connectivity index (χ1v) is 12.3. The van der Waals surface area contributed by atoms with Crippen LogP contribution in [0.25, 0.3) is 10.9 Å². The normalized spacial score (nSPS) is 22.9. The van der Waals surface area contributed by atoms with E-state index in [0.717, 1.165) is 6.26 Å². The van der Waals surface area contributed by atoms with E-state index in [9.17, 15) is 28.4 Å². The molecule has 0 unspecified atom stereocenters. The van der Waals surface area contributed by atoms with E-state index in [1.807, 2.05) is 0 Å². The first kappa shape index (κ1) is 23.5. The summed E-state index contributed by atoms with van der Waals surface area (Å²) >= 11 is 0. The minimum atomic E-state index is -3.36. The molecule has 12 heteroatoms. The van der Waals surface area contributed by atoms with Crippen LogP contribution in [-0.4, -0.2) is 52.7 Å². The van der Waals surface area contributed by atoms with Gasteiger partial charge in [0.25, 0.3) is 5.56 Å². The highest BCUT2D eigenvalue weighted by molar-refractivity contribution is 7.90. The SMILES string of the molecule is C[C@]1(C(=O)O)CC[C@](CC#N)(n2nc(Nc3ccc(S(C)(=O)=O)cc3)c3c(=O)[nH]ccc32)CO1. The number of aromatic nitrogens is 3. The van der Waals surface area contributed by atoms with Crippen molar-refractivity contribution >= 4 is 38.2 Å². The number of nitrogens with zero attached hydrogens (tertiary/aromatic N) is 3. The number of H-pyrrole nitrogens is 1. The molecule has 0 bridgehead atoms. The molecule has 1 saturated heterocycles. The number of rotatable bonds is 6. The molecule has 0 spiro atoms. The summed E-state index contributed by atoms with van der Waals surface area (Å²) in [6, 6.07) is 9.81. The van der Waals surface area contributed by atoms with Gasteiger partial charge in [-0.2, -0.15) is 10.4 Å². The van der Waals surface area contributed by atoms with Crippen LogP contribution in [0, 0.1) is 11.3 Å². The third-order valence-corrected chi connectivity index (χ3v) is 7.31. The number of ether oxygens (including phenoxy) is 1. The Morgan fingerprint density at radius 3 is 2.59 bits per heavy atom. The second-order valence-corrected chi connectivity index (χ2v) is 10.6. The van der Waals surface area contributed by atoms with Crippen LogP contribution in [0.4, 0.5) is 11.5 Å². The number of sulfone groups is 1. The summed E-state index contributed by atoms with van der Waals surface area (Å²) in [5.74, 6) is -0.868. The number of benzene rings is 1. The Morgan fingerprint density at radius 2 is 2.03 bits per heavy atom. The Morgan fingerprint density at radius 1 is 1.32 bits per heavy atom. The van der Waals surface area contributed by atoms with E-state index in [1.54, 1.807) is 22.9 Å². The summed E-state index contributed by atoms with van der Waals surface area (Å²) in [6.45, 7) is 1.42. The summed E-state index contributed by atoms with van der Waals surface area (Å²) in [5.41, 5.74) is -1.79. The van der Waals surface area contributed by atoms with Crippen LogP contribution in [0.1, 0.15) is 26.2 Å². The van der Waals surface area contributed by atoms with Gasteiger partial charge in [0.1, 0.15) is 5.39 Å². The number of carbonyl (C=O) groups is 1. The zero-order valence-corrected chi connectivity index (χ0v) is 19.3. The van der Waals surface area contributed by atoms with E-state index in [4.69, 9.17) is 4.74 Å². The molecule has 3 N–H and O–H groups in total. The molecule has 2 aromatic heterocycles. The van der Waals surface area contributed by atoms with Crippen LogP contribution in [0.5, 0.6) is 0 Å². The molecule has 34 heavy (non-hydrogen) atoms. The molecule has 3 heterocycles. The topological polar surface area (TPSA) is 167 Å². The largest absolute Gasteiger partial charge is 0.479 e. The van der Waals surface area contributed by atoms with Crippen molar-refractivity contribution in [2.45, 2.75) is 42.2 Å². The van der Waals surface area contributed by atoms with Gasteiger partial charge in [-0.15, -0.1) is 0 Å². The van der Waals surface area contributed by atoms with Gasteiger partial charge in [0.05, 0.1) is 35.0 Å². The number of pyridine rings is 1. The van der Waals surface area contributed by atoms with Crippen molar-refractivity contribution in [3.05, 3.63) is 46.9 Å². The van der Waals surface area contributed by atoms with Crippen LogP contribution in [-0.2, 0) is 24.9 Å². The van der Waals surface area contributed by atoms with Gasteiger partial charge in [0.2, 0.25) is 0 Å². The molecule has 0 radical (unpaired) electrons. The fraction of sp³-hybridized carbons (Fsp3) is 0.364. The maximum Gasteiger partial charge on any atom is 0.335 e. The summed E-state index contributed by atoms with van der Waals surface area (Å²) in [6.07, 6.45) is 3.04. The predicted octanol–water partition coefficient (Wildman–Crippen LogP) is 2.13. The Labute approximate surface area is 194 Å². The smallest absolute Gasteiger partial charge is 0.335 e. The lowest BCUT2D eigenvalue weighted by atomic mass is 9.82. The number of fused-ring (bicyclic) bond motifs is 1. The molecule has 1 aliphatic heterocycles. The van der Waals surface area contributed by atoms with Crippen molar-refractivity contribution in [3.63, 3.8) is 0 Å². The van der Waals surface area contributed by atoms with Crippen molar-refractivity contribution < 1.29 is 23.1 Å². The van der Waals surface area contributed by atoms with Crippen LogP contribution in [0.15, 0.2) is 46.2 Å². The van der Waals surface area contributed by atoms with E-state index < -0.39 is 32.5 Å². The quantitative estimate of drug-likeness (QED) is 0.474. The lowest BCUT2D eigenvalue weighted by Gasteiger charge is -2.42. The first-order chi connectivity index (χ1) is 16.0. The summed E-state index contributed by atoms with van der Waals surface area (Å²) in [7, 11) is -3.36. The van der Waals surface area contributed by atoms with E-state index in [0.29, 0.717) is 17.6 Å². The molecule has 2 atom stereocenters. The van der Waals surface area contributed by atoms with Crippen molar-refractivity contribution in [3.8, 4) is 6.07 Å². The number of hydrogen-bond donors (Lipinski definition) is 3. The molecular formula is C22H23N5O6S. The summed E-state index contributed by atoms with van der Waals surface area (Å²) in [4.78, 5) is 27.1. The average molecular weight is 486 g/mol. The highest BCUT2D eigenvalue weighted by Gasteiger charge is 2.47. The third-order valence-electron chi connectivity index (χ3n) is 6.19. The number of hydrogen-bond acceptors (Lipinski definition) is 8. The van der Waals surface area contributed by atoms with E-state index in [-0.39, 0.29) is 35.5 Å². The lowest BCUT2D eigenvalue weighted by Crippen LogP contribution is -2.52. The zero-order chi connectivity index (χ0) is 24.7. The fourth-order valence-corrected chi connectivity index (χ4v) is 4.69. The Kier molecular flexibility index (Phi) is 5.71. The van der Waals surface area contributed by atoms with Crippen molar-refractivity contribution in [1.29, 1.82) is 5.26 Å². The molecule has 1 aliphatic rings. The molecule has 1 aromatic carbocycles. The molecule has 0 aliphatic carbocycles. The highest BCUT2D eigenvalue weighted by Crippen LogP contribution is 2.40. The molecule has 1 fully saturated rings. The third kappa shape index (κ3) is 4.04. The molecule has 0 amide bonds. The van der Waals surface area contributed by atoms with Gasteiger partial charge in [-0.05, 0) is 50.1 Å². The number of carboxylic acid groups (broad SMARTS) is 1. The highest BCUT2D eigenvalue weighted by atomic mass is 32.2. The van der Waals surface area contributed by atoms with Crippen LogP contribution < -0.4 is 10.9 Å². The Bertz CT molecular complexity index is 1460. The van der Waals surface area contributed by atoms with Crippen LogP contribution in [0.2, 0.25) is 0 Å². The average Bonchev–Trinajstić information content (AvgIpc) is 3.15. The maximum atomic E-state index is 12.7. The molecule has 3 aromatic rings. The second-order valence-electron chi connectivity index (χ2n) is 8.63. The van der Waals surface area contributed by atoms with Crippen molar-refractivity contribution in [2.24, 2.45) is 0 Å². The first-order valence-electron chi connectivity index (χ1n) is 10.4. The minimum absolute atomic E-state index is 0.00518. The van der Waals surface area contributed by atoms with Gasteiger partial charge in [-0.1, -0.05) is 0 Å². The second kappa shape index (κ2) is 8.27. The van der Waals surface area contributed by atoms with Gasteiger partial charge >= 0.3 is 5.97 Å². The zero-order valence-electron chi connectivity index (χ0n) is 18.5. The number of aliphatic carboxylic acids is 1. The molecular weight excluding hydrogens is 462 g/mol. The molecule has 0 saturated carbocycles. The summed E-state index contributed by atoms with van der Waals surface area (Å²) in [5, 5.41) is 27.0. The Balaban J connectivity index is 1.79. The van der Waals surface area contributed by atoms with E-state index in [1.165, 1.54) is 25.3 Å². The van der Waals surface area contributed by atoms with Crippen molar-refractivity contribution in [1.82, 2.24) is 14.8 Å². The predicted molar refractivity (Wildman–Crippen MR) is 123 cm³/mol. The van der Waals surface area contributed by atoms with Gasteiger partial charge < -0.3 is 20.1 Å². The molecule has 178 valence electrons. The van der Waals surface area contributed by atoms with Crippen LogP contribution in [0.3, 0.4) is 0 Å². The standard InChI is InChI=1S/C22H23N5O6S/c1-21(20(29)30)8-9-22(10-11-23,13-33-21)27-16-7-12-24-19(28)17(16)18(26-27)25-14-3-5-15(6-4-14)34(2,31)32/h3-7,12H,8-10,13H2,1-2H3,(H,24,28)(H,25,26)(H,29,30)/t21-,22-/m1/s1. The summed E-state index contributed by atoms with van der Waals surface area (Å²) < 4.78 is 30.7. The van der Waals surface area contributed by atoms with Gasteiger partial charge in [0, 0.05) is 18.1 Å². The fourth-order valence-electron chi connectivity index (χ4n) is 4.05. The number of nitriles is 1. The maximum absolute atomic E-state index is 12.7. The Hall–Kier alpha value is -3.69. The number of carboxylic acids is 1. The molecule has 4 rings (SSSR count). The number of anilines is 2. The number of nitrogens with one attached hydrogen (secondary N) is 2. The van der Waals surface area contributed by atoms with E-state index >= 15 is 0 Å². The number of aromatic amines is 1. The van der Waals surface area contributed by atoms with E-state index in [2.05, 4.69) is 21.5 Å². The molecule has 11 nitrogen and oxygen atoms in total. The van der Waals surface area contributed by atoms with Crippen molar-refractivity contribution in [2.75, 3.05) is 18.2 Å². The van der Waals surface area contributed by atoms with Gasteiger partial charge in [-0.25, -0.2) is 13.2 Å². The minimum Gasteiger partial charge on any atom is -0.479 e. The van der Waals surface area contributed by atoms with Gasteiger partial charge in [0.15, 0.2) is 21.3 Å².